The molecule has 0 unspecified atom stereocenters. The summed E-state index contributed by atoms with van der Waals surface area (Å²) < 4.78 is 5.95. The van der Waals surface area contributed by atoms with Crippen LogP contribution in [0.1, 0.15) is 24.1 Å². The van der Waals surface area contributed by atoms with Crippen LogP contribution in [-0.4, -0.2) is 18.1 Å². The van der Waals surface area contributed by atoms with Crippen molar-refractivity contribution in [3.05, 3.63) is 64.8 Å². The van der Waals surface area contributed by atoms with Crippen molar-refractivity contribution < 1.29 is 4.74 Å². The molecule has 0 amide bonds. The van der Waals surface area contributed by atoms with E-state index < -0.39 is 0 Å². The van der Waals surface area contributed by atoms with E-state index in [1.165, 1.54) is 23.9 Å². The molecule has 0 spiro atoms. The van der Waals surface area contributed by atoms with Crippen LogP contribution in [-0.2, 0) is 6.61 Å². The molecular weight excluding hydrogens is 367 g/mol. The molecule has 3 aromatic rings. The van der Waals surface area contributed by atoms with Crippen molar-refractivity contribution in [3.8, 4) is 5.75 Å². The minimum atomic E-state index is 0. The lowest BCUT2D eigenvalue weighted by atomic mass is 10.1. The first kappa shape index (κ1) is 18.8. The molecule has 0 bridgehead atoms. The summed E-state index contributed by atoms with van der Waals surface area (Å²) in [6.45, 7) is 4.76. The van der Waals surface area contributed by atoms with Crippen molar-refractivity contribution in [2.45, 2.75) is 26.4 Å². The Balaban J connectivity index is 0.00000196. The van der Waals surface area contributed by atoms with Crippen molar-refractivity contribution in [1.82, 2.24) is 4.98 Å². The van der Waals surface area contributed by atoms with Gasteiger partial charge in [0.15, 0.2) is 0 Å². The molecule has 26 heavy (non-hydrogen) atoms. The lowest BCUT2D eigenvalue weighted by molar-refractivity contribution is 0.306. The van der Waals surface area contributed by atoms with Gasteiger partial charge in [0, 0.05) is 46.5 Å². The number of pyridine rings is 1. The number of anilines is 1. The van der Waals surface area contributed by atoms with E-state index in [9.17, 15) is 0 Å². The highest BCUT2D eigenvalue weighted by atomic mass is 35.5. The van der Waals surface area contributed by atoms with Crippen molar-refractivity contribution in [2.24, 2.45) is 0 Å². The van der Waals surface area contributed by atoms with Crippen LogP contribution in [0.4, 0.5) is 5.69 Å². The molecule has 2 heterocycles. The third kappa shape index (κ3) is 3.89. The topological polar surface area (TPSA) is 25.4 Å². The van der Waals surface area contributed by atoms with Crippen LogP contribution in [0.3, 0.4) is 0 Å². The van der Waals surface area contributed by atoms with Crippen molar-refractivity contribution >= 4 is 40.6 Å². The lowest BCUT2D eigenvalue weighted by Crippen LogP contribution is -2.18. The molecule has 1 fully saturated rings. The van der Waals surface area contributed by atoms with Crippen LogP contribution in [0.25, 0.3) is 10.9 Å². The fraction of sp³-hybridized carbons (Fsp3) is 0.286. The van der Waals surface area contributed by atoms with E-state index in [4.69, 9.17) is 21.3 Å². The second-order valence-electron chi connectivity index (χ2n) is 6.54. The first-order valence-electron chi connectivity index (χ1n) is 8.73. The first-order valence-corrected chi connectivity index (χ1v) is 9.11. The van der Waals surface area contributed by atoms with E-state index in [-0.39, 0.29) is 12.4 Å². The minimum Gasteiger partial charge on any atom is -0.489 e. The molecule has 3 nitrogen and oxygen atoms in total. The third-order valence-corrected chi connectivity index (χ3v) is 5.06. The normalized spacial score (nSPS) is 13.7. The zero-order valence-electron chi connectivity index (χ0n) is 14.7. The van der Waals surface area contributed by atoms with Gasteiger partial charge >= 0.3 is 0 Å². The molecule has 136 valence electrons. The smallest absolute Gasteiger partial charge is 0.122 e. The molecule has 0 N–H and O–H groups in total. The summed E-state index contributed by atoms with van der Waals surface area (Å²) in [6.07, 6.45) is 2.53. The van der Waals surface area contributed by atoms with E-state index in [0.717, 1.165) is 40.6 Å². The molecule has 0 radical (unpaired) electrons. The predicted octanol–water partition coefficient (Wildman–Crippen LogP) is 5.80. The number of nitrogens with zero attached hydrogens (tertiary/aromatic N) is 2. The summed E-state index contributed by atoms with van der Waals surface area (Å²) in [6, 6.07) is 16.1. The van der Waals surface area contributed by atoms with E-state index in [1.54, 1.807) is 0 Å². The summed E-state index contributed by atoms with van der Waals surface area (Å²) in [7, 11) is 0. The standard InChI is InChI=1S/C21H21ClN2O.ClH/c1-15-12-21(24-10-4-5-11-24)18-9-8-17(13-20(18)23-15)25-14-16-6-2-3-7-19(16)22;/h2-3,6-9,12-13H,4-5,10-11,14H2,1H3;1H. The van der Waals surface area contributed by atoms with E-state index in [0.29, 0.717) is 6.61 Å². The predicted molar refractivity (Wildman–Crippen MR) is 111 cm³/mol. The maximum Gasteiger partial charge on any atom is 0.122 e. The maximum absolute atomic E-state index is 6.20. The molecule has 0 saturated carbocycles. The average Bonchev–Trinajstić information content (AvgIpc) is 3.14. The first-order chi connectivity index (χ1) is 12.2. The van der Waals surface area contributed by atoms with Crippen LogP contribution in [0.2, 0.25) is 5.02 Å². The molecule has 4 rings (SSSR count). The highest BCUT2D eigenvalue weighted by Gasteiger charge is 2.16. The fourth-order valence-electron chi connectivity index (χ4n) is 3.40. The van der Waals surface area contributed by atoms with Gasteiger partial charge in [0.2, 0.25) is 0 Å². The van der Waals surface area contributed by atoms with Gasteiger partial charge < -0.3 is 9.64 Å². The monoisotopic (exact) mass is 388 g/mol. The molecule has 1 aliphatic heterocycles. The van der Waals surface area contributed by atoms with E-state index >= 15 is 0 Å². The summed E-state index contributed by atoms with van der Waals surface area (Å²) in [5.41, 5.74) is 4.30. The third-order valence-electron chi connectivity index (χ3n) is 4.69. The van der Waals surface area contributed by atoms with Gasteiger partial charge in [-0.25, -0.2) is 0 Å². The van der Waals surface area contributed by atoms with Crippen LogP contribution < -0.4 is 9.64 Å². The Bertz CT molecular complexity index is 908. The van der Waals surface area contributed by atoms with Crippen LogP contribution in [0, 0.1) is 6.92 Å². The number of halogens is 2. The number of benzene rings is 2. The molecule has 1 saturated heterocycles. The summed E-state index contributed by atoms with van der Waals surface area (Å²) in [5, 5.41) is 1.92. The van der Waals surface area contributed by atoms with Gasteiger partial charge in [0.25, 0.3) is 0 Å². The van der Waals surface area contributed by atoms with Crippen LogP contribution in [0.5, 0.6) is 5.75 Å². The number of hydrogen-bond acceptors (Lipinski definition) is 3. The van der Waals surface area contributed by atoms with Crippen LogP contribution in [0.15, 0.2) is 48.5 Å². The van der Waals surface area contributed by atoms with Crippen molar-refractivity contribution in [3.63, 3.8) is 0 Å². The second-order valence-corrected chi connectivity index (χ2v) is 6.94. The number of rotatable bonds is 4. The molecule has 0 atom stereocenters. The number of aryl methyl sites for hydroxylation is 1. The Morgan fingerprint density at radius 2 is 1.85 bits per heavy atom. The molecular formula is C21H22Cl2N2O. The zero-order valence-corrected chi connectivity index (χ0v) is 16.3. The van der Waals surface area contributed by atoms with E-state index in [2.05, 4.69) is 24.0 Å². The maximum atomic E-state index is 6.20. The SMILES string of the molecule is Cc1cc(N2CCCC2)c2ccc(OCc3ccccc3Cl)cc2n1.Cl. The number of fused-ring (bicyclic) bond motifs is 1. The summed E-state index contributed by atoms with van der Waals surface area (Å²) in [5.74, 6) is 0.817. The Labute approximate surface area is 165 Å². The van der Waals surface area contributed by atoms with Crippen molar-refractivity contribution in [1.29, 1.82) is 0 Å². The highest BCUT2D eigenvalue weighted by molar-refractivity contribution is 6.31. The van der Waals surface area contributed by atoms with Gasteiger partial charge in [-0.2, -0.15) is 0 Å². The molecule has 1 aliphatic rings. The van der Waals surface area contributed by atoms with Gasteiger partial charge in [0.05, 0.1) is 5.52 Å². The molecule has 1 aromatic heterocycles. The Morgan fingerprint density at radius 3 is 2.62 bits per heavy atom. The molecule has 0 aliphatic carbocycles. The van der Waals surface area contributed by atoms with Gasteiger partial charge in [-0.3, -0.25) is 4.98 Å². The van der Waals surface area contributed by atoms with Gasteiger partial charge in [0.1, 0.15) is 12.4 Å². The molecule has 2 aromatic carbocycles. The highest BCUT2D eigenvalue weighted by Crippen LogP contribution is 2.31. The van der Waals surface area contributed by atoms with Crippen LogP contribution >= 0.6 is 24.0 Å². The second kappa shape index (κ2) is 8.15. The largest absolute Gasteiger partial charge is 0.489 e. The van der Waals surface area contributed by atoms with Crippen molar-refractivity contribution in [2.75, 3.05) is 18.0 Å². The summed E-state index contributed by atoms with van der Waals surface area (Å²) >= 11 is 6.20. The summed E-state index contributed by atoms with van der Waals surface area (Å²) in [4.78, 5) is 7.17. The Hall–Kier alpha value is -1.97. The Morgan fingerprint density at radius 1 is 1.08 bits per heavy atom. The van der Waals surface area contributed by atoms with E-state index in [1.807, 2.05) is 36.4 Å². The minimum absolute atomic E-state index is 0. The Kier molecular flexibility index (Phi) is 5.90. The van der Waals surface area contributed by atoms with Gasteiger partial charge in [-0.05, 0) is 44.0 Å². The number of hydrogen-bond donors (Lipinski definition) is 0. The molecule has 5 heteroatoms. The lowest BCUT2D eigenvalue weighted by Gasteiger charge is -2.20. The fourth-order valence-corrected chi connectivity index (χ4v) is 3.59. The zero-order chi connectivity index (χ0) is 17.2. The number of aromatic nitrogens is 1. The van der Waals surface area contributed by atoms with Gasteiger partial charge in [-0.1, -0.05) is 29.8 Å². The number of ether oxygens (including phenoxy) is 1. The van der Waals surface area contributed by atoms with Gasteiger partial charge in [-0.15, -0.1) is 12.4 Å². The quantitative estimate of drug-likeness (QED) is 0.564. The average molecular weight is 389 g/mol.